The van der Waals surface area contributed by atoms with Crippen LogP contribution in [0.5, 0.6) is 11.5 Å². The molecule has 4 heteroatoms. The number of fused-ring (bicyclic) bond motifs is 4. The maximum Gasteiger partial charge on any atom is 0.197 e. The number of rotatable bonds is 7. The van der Waals surface area contributed by atoms with Crippen molar-refractivity contribution in [2.24, 2.45) is 0 Å². The van der Waals surface area contributed by atoms with Crippen molar-refractivity contribution in [2.75, 3.05) is 18.1 Å². The van der Waals surface area contributed by atoms with Crippen molar-refractivity contribution in [1.29, 1.82) is 0 Å². The van der Waals surface area contributed by atoms with Crippen LogP contribution < -0.4 is 14.4 Å². The molecule has 1 aliphatic heterocycles. The molecule has 0 saturated heterocycles. The Morgan fingerprint density at radius 3 is 1.47 bits per heavy atom. The van der Waals surface area contributed by atoms with Crippen molar-refractivity contribution in [2.45, 2.75) is 5.41 Å². The Hall–Kier alpha value is -6.36. The maximum atomic E-state index is 6.47. The van der Waals surface area contributed by atoms with E-state index in [0.29, 0.717) is 13.2 Å². The highest BCUT2D eigenvalue weighted by atomic mass is 32.1. The van der Waals surface area contributed by atoms with E-state index in [4.69, 9.17) is 9.47 Å². The van der Waals surface area contributed by atoms with Crippen molar-refractivity contribution >= 4 is 27.7 Å². The summed E-state index contributed by atoms with van der Waals surface area (Å²) in [5.74, 6) is 1.60. The summed E-state index contributed by atoms with van der Waals surface area (Å²) in [6.45, 7) is 1.02. The predicted octanol–water partition coefficient (Wildman–Crippen LogP) is 12.7. The number of thiophene rings is 1. The summed E-state index contributed by atoms with van der Waals surface area (Å²) in [5.41, 5.74) is 12.8. The van der Waals surface area contributed by atoms with Crippen molar-refractivity contribution in [3.05, 3.63) is 210 Å². The Bertz CT molecular complexity index is 2500. The number of nitrogens with zero attached hydrogens (tertiary/aromatic N) is 1. The number of hydrogen-bond acceptors (Lipinski definition) is 4. The molecule has 0 atom stereocenters. The van der Waals surface area contributed by atoms with Crippen LogP contribution >= 0.6 is 11.3 Å². The standard InChI is InChI=1S/C49H35NO2S/c1-4-14-34(15-5-1)35-24-28-39(29-25-35)50(48-46-45(51-32-33-52-46)47(53-48)36-16-6-2-7-17-36)40-30-26-38(27-31-40)49(37-18-8-3-9-19-37)43-22-12-10-20-41(43)42-21-11-13-23-44(42)49/h1-31H,32-33H2. The number of hydrogen-bond donors (Lipinski definition) is 0. The molecule has 0 saturated carbocycles. The lowest BCUT2D eigenvalue weighted by Gasteiger charge is -2.34. The van der Waals surface area contributed by atoms with Gasteiger partial charge in [0.1, 0.15) is 18.2 Å². The Balaban J connectivity index is 1.16. The normalized spacial score (nSPS) is 13.6. The van der Waals surface area contributed by atoms with Crippen LogP contribution in [-0.2, 0) is 5.41 Å². The quantitative estimate of drug-likeness (QED) is 0.165. The van der Waals surface area contributed by atoms with Crippen molar-refractivity contribution < 1.29 is 9.47 Å². The van der Waals surface area contributed by atoms with Gasteiger partial charge in [-0.2, -0.15) is 0 Å². The summed E-state index contributed by atoms with van der Waals surface area (Å²) < 4.78 is 12.8. The molecule has 8 aromatic rings. The second kappa shape index (κ2) is 13.0. The van der Waals surface area contributed by atoms with Crippen molar-refractivity contribution in [3.63, 3.8) is 0 Å². The van der Waals surface area contributed by atoms with Gasteiger partial charge in [-0.3, -0.25) is 4.90 Å². The molecule has 0 bridgehead atoms. The lowest BCUT2D eigenvalue weighted by molar-refractivity contribution is 0.175. The van der Waals surface area contributed by atoms with Gasteiger partial charge in [0.25, 0.3) is 0 Å². The molecule has 10 rings (SSSR count). The fourth-order valence-electron chi connectivity index (χ4n) is 8.25. The van der Waals surface area contributed by atoms with Gasteiger partial charge in [0, 0.05) is 11.4 Å². The zero-order chi connectivity index (χ0) is 35.2. The van der Waals surface area contributed by atoms with Gasteiger partial charge in [-0.1, -0.05) is 164 Å². The molecule has 254 valence electrons. The van der Waals surface area contributed by atoms with E-state index in [1.807, 2.05) is 6.07 Å². The lowest BCUT2D eigenvalue weighted by atomic mass is 9.68. The smallest absolute Gasteiger partial charge is 0.197 e. The van der Waals surface area contributed by atoms with Gasteiger partial charge in [-0.15, -0.1) is 11.3 Å². The summed E-state index contributed by atoms with van der Waals surface area (Å²) in [5, 5.41) is 0.994. The van der Waals surface area contributed by atoms with E-state index < -0.39 is 5.41 Å². The molecule has 0 amide bonds. The number of benzene rings is 7. The van der Waals surface area contributed by atoms with E-state index in [0.717, 1.165) is 38.3 Å². The third kappa shape index (κ3) is 5.09. The van der Waals surface area contributed by atoms with Crippen LogP contribution in [0, 0.1) is 0 Å². The average molecular weight is 702 g/mol. The van der Waals surface area contributed by atoms with Gasteiger partial charge in [0.2, 0.25) is 0 Å². The molecule has 0 radical (unpaired) electrons. The van der Waals surface area contributed by atoms with E-state index >= 15 is 0 Å². The first-order chi connectivity index (χ1) is 26.3. The molecule has 2 heterocycles. The third-order valence-corrected chi connectivity index (χ3v) is 11.8. The molecule has 7 aromatic carbocycles. The Kier molecular flexibility index (Phi) is 7.70. The van der Waals surface area contributed by atoms with Gasteiger partial charge in [0.15, 0.2) is 11.5 Å². The van der Waals surface area contributed by atoms with Crippen LogP contribution in [0.2, 0.25) is 0 Å². The maximum absolute atomic E-state index is 6.47. The minimum atomic E-state index is -0.464. The van der Waals surface area contributed by atoms with Crippen LogP contribution in [0.25, 0.3) is 32.7 Å². The van der Waals surface area contributed by atoms with Crippen LogP contribution in [0.3, 0.4) is 0 Å². The SMILES string of the molecule is c1ccc(-c2ccc(N(c3ccc(C4(c5ccccc5)c5ccccc5-c5ccccc54)cc3)c3sc(-c4ccccc4)c4c3OCCO4)cc2)cc1. The number of ether oxygens (including phenoxy) is 2. The van der Waals surface area contributed by atoms with Gasteiger partial charge in [0.05, 0.1) is 10.3 Å². The van der Waals surface area contributed by atoms with Gasteiger partial charge < -0.3 is 9.47 Å². The topological polar surface area (TPSA) is 21.7 Å². The highest BCUT2D eigenvalue weighted by Crippen LogP contribution is 2.59. The zero-order valence-corrected chi connectivity index (χ0v) is 29.8. The average Bonchev–Trinajstić information content (AvgIpc) is 3.77. The molecule has 0 N–H and O–H groups in total. The summed E-state index contributed by atoms with van der Waals surface area (Å²) >= 11 is 1.71. The predicted molar refractivity (Wildman–Crippen MR) is 218 cm³/mol. The first-order valence-electron chi connectivity index (χ1n) is 18.1. The summed E-state index contributed by atoms with van der Waals surface area (Å²) in [4.78, 5) is 3.40. The highest BCUT2D eigenvalue weighted by molar-refractivity contribution is 7.20. The second-order valence-corrected chi connectivity index (χ2v) is 14.5. The fourth-order valence-corrected chi connectivity index (χ4v) is 9.49. The molecule has 2 aliphatic rings. The molecule has 1 aliphatic carbocycles. The van der Waals surface area contributed by atoms with E-state index in [-0.39, 0.29) is 0 Å². The minimum absolute atomic E-state index is 0.464. The van der Waals surface area contributed by atoms with Crippen molar-refractivity contribution in [3.8, 4) is 44.2 Å². The summed E-state index contributed by atoms with van der Waals surface area (Å²) in [6, 6.07) is 67.8. The van der Waals surface area contributed by atoms with Crippen LogP contribution in [0.1, 0.15) is 22.3 Å². The minimum Gasteiger partial charge on any atom is -0.485 e. The third-order valence-electron chi connectivity index (χ3n) is 10.6. The number of anilines is 3. The first-order valence-corrected chi connectivity index (χ1v) is 18.9. The molecule has 0 fully saturated rings. The van der Waals surface area contributed by atoms with E-state index in [1.165, 1.54) is 44.5 Å². The first kappa shape index (κ1) is 31.4. The second-order valence-electron chi connectivity index (χ2n) is 13.5. The molecule has 0 spiro atoms. The Morgan fingerprint density at radius 2 is 0.868 bits per heavy atom. The van der Waals surface area contributed by atoms with E-state index in [1.54, 1.807) is 11.3 Å². The monoisotopic (exact) mass is 701 g/mol. The summed E-state index contributed by atoms with van der Waals surface area (Å²) in [6.07, 6.45) is 0. The zero-order valence-electron chi connectivity index (χ0n) is 29.0. The summed E-state index contributed by atoms with van der Waals surface area (Å²) in [7, 11) is 0. The molecular formula is C49H35NO2S. The molecule has 1 aromatic heterocycles. The van der Waals surface area contributed by atoms with E-state index in [9.17, 15) is 0 Å². The Morgan fingerprint density at radius 1 is 0.415 bits per heavy atom. The van der Waals surface area contributed by atoms with Gasteiger partial charge in [-0.25, -0.2) is 0 Å². The van der Waals surface area contributed by atoms with Crippen molar-refractivity contribution in [1.82, 2.24) is 0 Å². The fraction of sp³-hybridized carbons (Fsp3) is 0.0612. The molecule has 53 heavy (non-hydrogen) atoms. The lowest BCUT2D eigenvalue weighted by Crippen LogP contribution is -2.28. The van der Waals surface area contributed by atoms with Crippen LogP contribution in [0.4, 0.5) is 16.4 Å². The van der Waals surface area contributed by atoms with E-state index in [2.05, 4.69) is 187 Å². The van der Waals surface area contributed by atoms with Gasteiger partial charge in [-0.05, 0) is 74.3 Å². The Labute approximate surface area is 314 Å². The highest BCUT2D eigenvalue weighted by Gasteiger charge is 2.45. The molecular weight excluding hydrogens is 667 g/mol. The van der Waals surface area contributed by atoms with Crippen LogP contribution in [-0.4, -0.2) is 13.2 Å². The largest absolute Gasteiger partial charge is 0.485 e. The molecule has 0 unspecified atom stereocenters. The van der Waals surface area contributed by atoms with Crippen LogP contribution in [0.15, 0.2) is 188 Å². The molecule has 3 nitrogen and oxygen atoms in total. The van der Waals surface area contributed by atoms with Gasteiger partial charge >= 0.3 is 0 Å².